The van der Waals surface area contributed by atoms with Gasteiger partial charge in [0.05, 0.1) is 38.3 Å². The van der Waals surface area contributed by atoms with Gasteiger partial charge in [0.1, 0.15) is 59.6 Å². The molecule has 7 rings (SSSR count). The summed E-state index contributed by atoms with van der Waals surface area (Å²) in [6.07, 6.45) is 2.63. The molecule has 0 unspecified atom stereocenters. The number of hydrogen-bond acceptors (Lipinski definition) is 14. The number of halogens is 4. The zero-order valence-corrected chi connectivity index (χ0v) is 68.0. The smallest absolute Gasteiger partial charge is 0.419 e. The van der Waals surface area contributed by atoms with Crippen LogP contribution in [0.2, 0.25) is 0 Å². The number of likely N-dealkylation sites (N-methyl/N-ethyl adjacent to an activating group) is 7. The van der Waals surface area contributed by atoms with E-state index in [4.69, 9.17) is 9.47 Å². The number of allylic oxidation sites excluding steroid dienone is 1. The van der Waals surface area contributed by atoms with Gasteiger partial charge >= 0.3 is 6.18 Å². The fraction of sp³-hybridized carbons (Fsp3) is 0.646. The first-order valence-electron chi connectivity index (χ1n) is 38.1. The average Bonchev–Trinajstić information content (AvgIpc) is 1.38. The van der Waals surface area contributed by atoms with Crippen LogP contribution in [0, 0.1) is 20.8 Å². The first-order chi connectivity index (χ1) is 51.4. The van der Waals surface area contributed by atoms with Crippen LogP contribution in [0.1, 0.15) is 155 Å². The molecule has 3 heterocycles. The lowest BCUT2D eigenvalue weighted by Gasteiger charge is -2.54. The Balaban J connectivity index is 1.36. The second-order valence-corrected chi connectivity index (χ2v) is 32.2. The van der Waals surface area contributed by atoms with Gasteiger partial charge < -0.3 is 69.5 Å². The number of nitrogens with one attached hydrogen (secondary N) is 3. The molecule has 10 atom stereocenters. The number of amides is 12. The van der Waals surface area contributed by atoms with Crippen molar-refractivity contribution >= 4 is 93.5 Å². The Bertz CT molecular complexity index is 3660. The zero-order chi connectivity index (χ0) is 80.7. The van der Waals surface area contributed by atoms with Crippen molar-refractivity contribution in [3.05, 3.63) is 87.5 Å². The summed E-state index contributed by atoms with van der Waals surface area (Å²) in [6.45, 7) is 13.5. The molecule has 1 spiro atoms. The number of rotatable bonds is 17. The molecule has 3 N–H and O–H groups in total. The summed E-state index contributed by atoms with van der Waals surface area (Å²) in [5, 5.41) is 8.78. The van der Waals surface area contributed by atoms with Crippen LogP contribution in [0.3, 0.4) is 0 Å². The largest absolute Gasteiger partial charge is 0.496 e. The second kappa shape index (κ2) is 38.7. The van der Waals surface area contributed by atoms with Crippen LogP contribution < -0.4 is 20.7 Å². The summed E-state index contributed by atoms with van der Waals surface area (Å²) in [7, 11) is 11.1. The third kappa shape index (κ3) is 21.7. The molecule has 2 aliphatic carbocycles. The van der Waals surface area contributed by atoms with Crippen LogP contribution >= 0.6 is 22.6 Å². The van der Waals surface area contributed by atoms with Crippen molar-refractivity contribution < 1.29 is 80.2 Å². The standard InChI is InChI=1S/C79H114F3IN12O14/c1-16-20-22-29-57-68(99)85-66(49(5)17-2)74(105)89(10)46-65(98)91(12)58-30-23-21-26-39-94(73(58)104)61(40-50-31-35-53(83)36-32-50)72(103)88(9)45-63(96)84-56(38-34-51-33-37-55(79(80,81)82)62(41-51)108-15)70(101)95-44-54(109-19-4)42-59(95)69(100)86-78(47-77(6,7)48-78)76(107)93(14)67(52-27-24-25-28-52)75(106)92(13)60(43-64(97)90(57)11)71(102)87(8)18-3/h16,21,23,31-33,35-37,41,49,52,54,56-61,66-67H,1,17-20,22,24-30,34,38-40,42-48H2,2-15H3,(H,84,96)(H,85,99)(H,86,100)/b23-21-/t49-,54+,56-,57-,58-,59-,60-,61-,66-,67-/m0/s1. The van der Waals surface area contributed by atoms with E-state index >= 15 is 38.4 Å². The predicted molar refractivity (Wildman–Crippen MR) is 411 cm³/mol. The lowest BCUT2D eigenvalue weighted by Crippen LogP contribution is -2.71. The van der Waals surface area contributed by atoms with E-state index in [9.17, 15) is 32.3 Å². The number of alkyl halides is 3. The number of carbonyl (C=O) groups excluding carboxylic acids is 12. The van der Waals surface area contributed by atoms with Crippen molar-refractivity contribution in [3.63, 3.8) is 0 Å². The number of ether oxygens (including phenoxy) is 2. The molecule has 0 radical (unpaired) electrons. The maximum atomic E-state index is 15.9. The summed E-state index contributed by atoms with van der Waals surface area (Å²) in [5.74, 6) is -9.89. The number of methoxy groups -OCH3 is 1. The van der Waals surface area contributed by atoms with Crippen molar-refractivity contribution in [3.8, 4) is 5.75 Å². The third-order valence-corrected chi connectivity index (χ3v) is 23.2. The second-order valence-electron chi connectivity index (χ2n) is 30.9. The molecule has 109 heavy (non-hydrogen) atoms. The molecule has 30 heteroatoms. The van der Waals surface area contributed by atoms with Crippen molar-refractivity contribution in [2.45, 2.75) is 217 Å². The van der Waals surface area contributed by atoms with E-state index in [1.54, 1.807) is 45.1 Å². The van der Waals surface area contributed by atoms with Crippen LogP contribution in [-0.4, -0.2) is 271 Å². The lowest BCUT2D eigenvalue weighted by molar-refractivity contribution is -0.161. The van der Waals surface area contributed by atoms with Gasteiger partial charge in [0.2, 0.25) is 70.9 Å². The van der Waals surface area contributed by atoms with E-state index < -0.39 is 185 Å². The number of hydrogen-bond donors (Lipinski definition) is 3. The average molecular weight is 1640 g/mol. The Morgan fingerprint density at radius 3 is 2.01 bits per heavy atom. The van der Waals surface area contributed by atoms with Crippen molar-refractivity contribution in [1.82, 2.24) is 60.0 Å². The first-order valence-corrected chi connectivity index (χ1v) is 39.1. The van der Waals surface area contributed by atoms with Crippen LogP contribution in [0.25, 0.3) is 0 Å². The molecular weight excluding hydrogens is 1520 g/mol. The Kier molecular flexibility index (Phi) is 31.2. The maximum absolute atomic E-state index is 15.9. The molecule has 2 bridgehead atoms. The normalized spacial score (nSPS) is 26.1. The van der Waals surface area contributed by atoms with Gasteiger partial charge in [-0.25, -0.2) is 0 Å². The van der Waals surface area contributed by atoms with Gasteiger partial charge in [0.15, 0.2) is 0 Å². The highest BCUT2D eigenvalue weighted by Gasteiger charge is 2.59. The van der Waals surface area contributed by atoms with Crippen LogP contribution in [0.4, 0.5) is 13.2 Å². The van der Waals surface area contributed by atoms with Crippen molar-refractivity contribution in [2.75, 3.05) is 95.8 Å². The van der Waals surface area contributed by atoms with E-state index in [1.807, 2.05) is 39.0 Å². The molecule has 602 valence electrons. The highest BCUT2D eigenvalue weighted by atomic mass is 127. The molecule has 12 amide bonds. The summed E-state index contributed by atoms with van der Waals surface area (Å²) in [4.78, 5) is 194. The summed E-state index contributed by atoms with van der Waals surface area (Å²) < 4.78 is 54.8. The summed E-state index contributed by atoms with van der Waals surface area (Å²) in [5.41, 5.74) is -2.36. The number of unbranched alkanes of at least 4 members (excludes halogenated alkanes) is 1. The topological polar surface area (TPSA) is 289 Å². The summed E-state index contributed by atoms with van der Waals surface area (Å²) >= 11 is 2.14. The fourth-order valence-electron chi connectivity index (χ4n) is 16.0. The Morgan fingerprint density at radius 2 is 1.40 bits per heavy atom. The monoisotopic (exact) mass is 1640 g/mol. The van der Waals surface area contributed by atoms with E-state index in [2.05, 4.69) is 45.1 Å². The number of fused-ring (bicyclic) bond motifs is 3. The van der Waals surface area contributed by atoms with Gasteiger partial charge in [0.25, 0.3) is 0 Å². The highest BCUT2D eigenvalue weighted by Crippen LogP contribution is 2.50. The van der Waals surface area contributed by atoms with Crippen molar-refractivity contribution in [1.29, 1.82) is 0 Å². The molecule has 2 aromatic rings. The van der Waals surface area contributed by atoms with Gasteiger partial charge in [-0.1, -0.05) is 83.4 Å². The molecule has 4 fully saturated rings. The first kappa shape index (κ1) is 88.1. The minimum absolute atomic E-state index is 0.00518. The quantitative estimate of drug-likeness (QED) is 0.0879. The molecule has 0 aromatic heterocycles. The van der Waals surface area contributed by atoms with E-state index in [1.165, 1.54) is 95.8 Å². The Morgan fingerprint density at radius 1 is 0.752 bits per heavy atom. The highest BCUT2D eigenvalue weighted by molar-refractivity contribution is 14.1. The number of carbonyl (C=O) groups is 12. The molecule has 5 aliphatic rings. The SMILES string of the molecule is C=CCCC[C@H]1C(=O)N[C@@H]([C@@H](C)CC)C(=O)N(C)CC(=O)N(C)[C@H]2C/C=C\CCN(C2=O)[C@@H](Cc2ccc(I)cc2)C(=O)N(C)CC(=O)N[C@@H](CCc2ccc(C(F)(F)F)c(OC)c2)C(=O)N2C[C@H](OCC)C[C@H]2C(=O)NC2(CC(C)(C)C2)C(=O)N(C)[C@@H](C2CCCC2)C(=O)N(C)[C@H](C(=O)N(C)CC)CC(=O)N1C. The van der Waals surface area contributed by atoms with Gasteiger partial charge in [0, 0.05) is 92.0 Å². The van der Waals surface area contributed by atoms with E-state index in [0.29, 0.717) is 50.5 Å². The third-order valence-electron chi connectivity index (χ3n) is 22.5. The maximum Gasteiger partial charge on any atom is 0.419 e. The minimum Gasteiger partial charge on any atom is -0.496 e. The molecular formula is C79H114F3IN12O14. The molecule has 2 aromatic carbocycles. The molecule has 2 saturated carbocycles. The van der Waals surface area contributed by atoms with Gasteiger partial charge in [-0.05, 0) is 160 Å². The lowest BCUT2D eigenvalue weighted by atomic mass is 9.58. The van der Waals surface area contributed by atoms with Crippen LogP contribution in [0.5, 0.6) is 5.75 Å². The molecule has 2 saturated heterocycles. The van der Waals surface area contributed by atoms with Crippen LogP contribution in [-0.2, 0) is 81.3 Å². The van der Waals surface area contributed by atoms with E-state index in [0.717, 1.165) is 26.5 Å². The minimum atomic E-state index is -4.79. The zero-order valence-electron chi connectivity index (χ0n) is 65.8. The summed E-state index contributed by atoms with van der Waals surface area (Å²) in [6, 6.07) is -0.167. The fourth-order valence-corrected chi connectivity index (χ4v) is 16.4. The predicted octanol–water partition coefficient (Wildman–Crippen LogP) is 6.39. The Hall–Kier alpha value is -8.16. The van der Waals surface area contributed by atoms with Crippen molar-refractivity contribution in [2.24, 2.45) is 17.3 Å². The van der Waals surface area contributed by atoms with Gasteiger partial charge in [-0.3, -0.25) is 57.5 Å². The molecule has 26 nitrogen and oxygen atoms in total. The Labute approximate surface area is 653 Å². The van der Waals surface area contributed by atoms with Crippen LogP contribution in [0.15, 0.2) is 67.3 Å². The number of aryl methyl sites for hydroxylation is 1. The van der Waals surface area contributed by atoms with Gasteiger partial charge in [-0.15, -0.1) is 6.58 Å². The number of benzene rings is 2. The van der Waals surface area contributed by atoms with E-state index in [-0.39, 0.29) is 89.6 Å². The molecule has 3 aliphatic heterocycles. The number of nitrogens with zero attached hydrogens (tertiary/aromatic N) is 9. The van der Waals surface area contributed by atoms with Gasteiger partial charge in [-0.2, -0.15) is 13.2 Å².